The number of carbonyl (C=O) groups excluding carboxylic acids is 1. The molecule has 19 heavy (non-hydrogen) atoms. The van der Waals surface area contributed by atoms with Gasteiger partial charge in [-0.2, -0.15) is 5.26 Å². The van der Waals surface area contributed by atoms with Crippen molar-refractivity contribution in [2.75, 3.05) is 4.90 Å². The lowest BCUT2D eigenvalue weighted by atomic mass is 10.00. The smallest absolute Gasteiger partial charge is 0.233 e. The van der Waals surface area contributed by atoms with Gasteiger partial charge >= 0.3 is 0 Å². The highest BCUT2D eigenvalue weighted by Gasteiger charge is 2.44. The maximum absolute atomic E-state index is 12.3. The molecule has 1 aliphatic rings. The second-order valence-corrected chi connectivity index (χ2v) is 5.14. The molecule has 3 atom stereocenters. The molecule has 100 valence electrons. The molecule has 0 radical (unpaired) electrons. The van der Waals surface area contributed by atoms with E-state index in [0.29, 0.717) is 22.7 Å². The first-order chi connectivity index (χ1) is 9.01. The Bertz CT molecular complexity index is 553. The van der Waals surface area contributed by atoms with E-state index >= 15 is 0 Å². The van der Waals surface area contributed by atoms with Gasteiger partial charge in [-0.05, 0) is 31.5 Å². The highest BCUT2D eigenvalue weighted by molar-refractivity contribution is 6.32. The third kappa shape index (κ3) is 2.20. The van der Waals surface area contributed by atoms with Crippen molar-refractivity contribution in [2.24, 2.45) is 5.92 Å². The zero-order chi connectivity index (χ0) is 14.2. The van der Waals surface area contributed by atoms with Crippen LogP contribution in [0.1, 0.15) is 25.8 Å². The van der Waals surface area contributed by atoms with Crippen LogP contribution in [0.4, 0.5) is 5.69 Å². The van der Waals surface area contributed by atoms with Crippen LogP contribution >= 0.6 is 11.6 Å². The molecule has 1 N–H and O–H groups in total. The Balaban J connectivity index is 2.40. The van der Waals surface area contributed by atoms with Crippen molar-refractivity contribution in [2.45, 2.75) is 32.4 Å². The van der Waals surface area contributed by atoms with E-state index in [2.05, 4.69) is 0 Å². The molecule has 0 saturated carbocycles. The van der Waals surface area contributed by atoms with Gasteiger partial charge in [-0.1, -0.05) is 18.5 Å². The minimum absolute atomic E-state index is 0.0942. The molecule has 1 aromatic rings. The van der Waals surface area contributed by atoms with E-state index in [4.69, 9.17) is 16.9 Å². The number of carbonyl (C=O) groups is 1. The minimum atomic E-state index is -0.674. The van der Waals surface area contributed by atoms with Crippen LogP contribution in [0, 0.1) is 17.2 Å². The maximum atomic E-state index is 12.3. The Morgan fingerprint density at radius 1 is 1.53 bits per heavy atom. The second kappa shape index (κ2) is 5.20. The van der Waals surface area contributed by atoms with E-state index < -0.39 is 6.10 Å². The van der Waals surface area contributed by atoms with Gasteiger partial charge in [-0.3, -0.25) is 4.79 Å². The Labute approximate surface area is 117 Å². The highest BCUT2D eigenvalue weighted by Crippen LogP contribution is 2.34. The number of aliphatic hydroxyl groups is 1. The standard InChI is InChI=1S/C14H15ClN2O2/c1-3-11-13(18)8(2)17(14(11)19)10-5-4-9(7-16)12(15)6-10/h4-6,8,11,13,18H,3H2,1-2H3. The van der Waals surface area contributed by atoms with Gasteiger partial charge in [0, 0.05) is 5.69 Å². The van der Waals surface area contributed by atoms with Crippen molar-refractivity contribution in [1.82, 2.24) is 0 Å². The molecule has 1 aromatic carbocycles. The van der Waals surface area contributed by atoms with Crippen LogP contribution in [-0.4, -0.2) is 23.2 Å². The largest absolute Gasteiger partial charge is 0.390 e. The minimum Gasteiger partial charge on any atom is -0.390 e. The van der Waals surface area contributed by atoms with Gasteiger partial charge in [0.2, 0.25) is 5.91 Å². The Hall–Kier alpha value is -1.57. The van der Waals surface area contributed by atoms with Crippen molar-refractivity contribution in [1.29, 1.82) is 5.26 Å². The summed E-state index contributed by atoms with van der Waals surface area (Å²) < 4.78 is 0. The van der Waals surface area contributed by atoms with Crippen LogP contribution in [0.5, 0.6) is 0 Å². The Morgan fingerprint density at radius 3 is 2.68 bits per heavy atom. The molecule has 1 heterocycles. The highest BCUT2D eigenvalue weighted by atomic mass is 35.5. The maximum Gasteiger partial charge on any atom is 0.233 e. The van der Waals surface area contributed by atoms with Crippen molar-refractivity contribution in [3.8, 4) is 6.07 Å². The first-order valence-corrected chi connectivity index (χ1v) is 6.59. The molecule has 2 rings (SSSR count). The number of halogens is 1. The predicted octanol–water partition coefficient (Wildman–Crippen LogP) is 2.33. The lowest BCUT2D eigenvalue weighted by Crippen LogP contribution is -2.34. The number of hydrogen-bond acceptors (Lipinski definition) is 3. The number of hydrogen-bond donors (Lipinski definition) is 1. The zero-order valence-corrected chi connectivity index (χ0v) is 11.6. The summed E-state index contributed by atoms with van der Waals surface area (Å²) in [6.07, 6.45) is -0.0721. The lowest BCUT2D eigenvalue weighted by molar-refractivity contribution is -0.121. The van der Waals surface area contributed by atoms with Crippen LogP contribution in [0.2, 0.25) is 5.02 Å². The first kappa shape index (κ1) is 13.9. The molecule has 3 unspecified atom stereocenters. The molecule has 0 aliphatic carbocycles. The SMILES string of the molecule is CCC1C(=O)N(c2ccc(C#N)c(Cl)c2)C(C)C1O. The molecule has 0 spiro atoms. The molecule has 0 aromatic heterocycles. The Kier molecular flexibility index (Phi) is 3.79. The molecular formula is C14H15ClN2O2. The molecular weight excluding hydrogens is 264 g/mol. The fraction of sp³-hybridized carbons (Fsp3) is 0.429. The van der Waals surface area contributed by atoms with Crippen LogP contribution in [0.3, 0.4) is 0 Å². The van der Waals surface area contributed by atoms with Gasteiger partial charge < -0.3 is 10.0 Å². The topological polar surface area (TPSA) is 64.3 Å². The van der Waals surface area contributed by atoms with Crippen molar-refractivity contribution in [3.63, 3.8) is 0 Å². The average Bonchev–Trinajstić information content (AvgIpc) is 2.60. The molecule has 4 nitrogen and oxygen atoms in total. The van der Waals surface area contributed by atoms with Gasteiger partial charge in [0.25, 0.3) is 0 Å². The molecule has 0 bridgehead atoms. The fourth-order valence-corrected chi connectivity index (χ4v) is 2.75. The number of nitriles is 1. The van der Waals surface area contributed by atoms with Gasteiger partial charge in [0.05, 0.1) is 28.6 Å². The second-order valence-electron chi connectivity index (χ2n) is 4.73. The summed E-state index contributed by atoms with van der Waals surface area (Å²) in [4.78, 5) is 13.8. The first-order valence-electron chi connectivity index (χ1n) is 6.22. The van der Waals surface area contributed by atoms with Crippen LogP contribution in [0.25, 0.3) is 0 Å². The van der Waals surface area contributed by atoms with E-state index in [1.807, 2.05) is 19.9 Å². The van der Waals surface area contributed by atoms with Crippen LogP contribution in [-0.2, 0) is 4.79 Å². The zero-order valence-electron chi connectivity index (χ0n) is 10.8. The third-order valence-electron chi connectivity index (χ3n) is 3.66. The van der Waals surface area contributed by atoms with Crippen molar-refractivity contribution in [3.05, 3.63) is 28.8 Å². The summed E-state index contributed by atoms with van der Waals surface area (Å²) in [6.45, 7) is 3.69. The summed E-state index contributed by atoms with van der Waals surface area (Å²) in [5.41, 5.74) is 0.994. The van der Waals surface area contributed by atoms with Crippen LogP contribution < -0.4 is 4.90 Å². The van der Waals surface area contributed by atoms with Gasteiger partial charge in [-0.15, -0.1) is 0 Å². The van der Waals surface area contributed by atoms with Gasteiger partial charge in [0.1, 0.15) is 6.07 Å². The fourth-order valence-electron chi connectivity index (χ4n) is 2.54. The third-order valence-corrected chi connectivity index (χ3v) is 3.97. The summed E-state index contributed by atoms with van der Waals surface area (Å²) in [6, 6.07) is 6.56. The van der Waals surface area contributed by atoms with E-state index in [0.717, 1.165) is 0 Å². The van der Waals surface area contributed by atoms with Gasteiger partial charge in [0.15, 0.2) is 0 Å². The number of aliphatic hydroxyl groups excluding tert-OH is 1. The van der Waals surface area contributed by atoms with E-state index in [1.165, 1.54) is 0 Å². The van der Waals surface area contributed by atoms with E-state index in [1.54, 1.807) is 23.1 Å². The lowest BCUT2D eigenvalue weighted by Gasteiger charge is -2.23. The van der Waals surface area contributed by atoms with Gasteiger partial charge in [-0.25, -0.2) is 0 Å². The number of amides is 1. The monoisotopic (exact) mass is 278 g/mol. The summed E-state index contributed by atoms with van der Waals surface area (Å²) in [5, 5.41) is 19.2. The van der Waals surface area contributed by atoms with Crippen molar-refractivity contribution < 1.29 is 9.90 Å². The van der Waals surface area contributed by atoms with Crippen LogP contribution in [0.15, 0.2) is 18.2 Å². The number of nitrogens with zero attached hydrogens (tertiary/aromatic N) is 2. The average molecular weight is 279 g/mol. The number of rotatable bonds is 2. The summed E-state index contributed by atoms with van der Waals surface area (Å²) in [7, 11) is 0. The molecule has 1 aliphatic heterocycles. The summed E-state index contributed by atoms with van der Waals surface area (Å²) >= 11 is 5.99. The molecule has 5 heteroatoms. The molecule has 1 saturated heterocycles. The van der Waals surface area contributed by atoms with Crippen molar-refractivity contribution >= 4 is 23.2 Å². The molecule has 1 fully saturated rings. The Morgan fingerprint density at radius 2 is 2.21 bits per heavy atom. The van der Waals surface area contributed by atoms with E-state index in [9.17, 15) is 9.90 Å². The molecule has 1 amide bonds. The normalized spacial score (nSPS) is 26.6. The number of benzene rings is 1. The predicted molar refractivity (Wildman–Crippen MR) is 72.9 cm³/mol. The quantitative estimate of drug-likeness (QED) is 0.903. The van der Waals surface area contributed by atoms with E-state index in [-0.39, 0.29) is 17.9 Å². The summed E-state index contributed by atoms with van der Waals surface area (Å²) in [5.74, 6) is -0.465. The number of anilines is 1.